The molecular weight excluding hydrogens is 364 g/mol. The largest absolute Gasteiger partial charge is 0.345 e. The molecule has 3 heterocycles. The van der Waals surface area contributed by atoms with E-state index in [0.717, 1.165) is 35.0 Å². The number of nitriles is 1. The second-order valence-corrected chi connectivity index (χ2v) is 6.96. The van der Waals surface area contributed by atoms with E-state index in [1.54, 1.807) is 29.7 Å². The number of hydrazone groups is 1. The molecule has 1 unspecified atom stereocenters. The maximum Gasteiger partial charge on any atom is 0.252 e. The van der Waals surface area contributed by atoms with E-state index in [4.69, 9.17) is 0 Å². The fourth-order valence-electron chi connectivity index (χ4n) is 3.73. The van der Waals surface area contributed by atoms with Crippen molar-refractivity contribution in [3.8, 4) is 6.07 Å². The first-order valence-corrected chi connectivity index (χ1v) is 9.78. The molecular formula is C22H22N6O. The topological polar surface area (TPSA) is 85.8 Å². The van der Waals surface area contributed by atoms with E-state index < -0.39 is 0 Å². The van der Waals surface area contributed by atoms with Crippen LogP contribution in [0.4, 0.5) is 5.82 Å². The number of benzene rings is 1. The van der Waals surface area contributed by atoms with Crippen LogP contribution in [0.2, 0.25) is 0 Å². The third kappa shape index (κ3) is 3.34. The van der Waals surface area contributed by atoms with Gasteiger partial charge in [0, 0.05) is 24.5 Å². The molecule has 1 aromatic carbocycles. The highest BCUT2D eigenvalue weighted by Crippen LogP contribution is 2.29. The Balaban J connectivity index is 1.65. The van der Waals surface area contributed by atoms with Crippen LogP contribution in [0.3, 0.4) is 0 Å². The van der Waals surface area contributed by atoms with Crippen molar-refractivity contribution in [1.29, 1.82) is 5.26 Å². The second kappa shape index (κ2) is 7.76. The molecule has 29 heavy (non-hydrogen) atoms. The Morgan fingerprint density at radius 2 is 2.21 bits per heavy atom. The van der Waals surface area contributed by atoms with Crippen LogP contribution >= 0.6 is 0 Å². The van der Waals surface area contributed by atoms with Gasteiger partial charge < -0.3 is 9.72 Å². The molecule has 1 N–H and O–H groups in total. The van der Waals surface area contributed by atoms with E-state index >= 15 is 0 Å². The number of hydrogen-bond donors (Lipinski definition) is 1. The van der Waals surface area contributed by atoms with Crippen molar-refractivity contribution < 1.29 is 4.79 Å². The lowest BCUT2D eigenvalue weighted by atomic mass is 9.99. The van der Waals surface area contributed by atoms with E-state index in [-0.39, 0.29) is 11.9 Å². The Labute approximate surface area is 169 Å². The quantitative estimate of drug-likeness (QED) is 0.517. The molecule has 3 aromatic rings. The summed E-state index contributed by atoms with van der Waals surface area (Å²) in [6.07, 6.45) is 7.15. The van der Waals surface area contributed by atoms with E-state index in [2.05, 4.69) is 28.4 Å². The minimum atomic E-state index is -0.00506. The van der Waals surface area contributed by atoms with Crippen LogP contribution in [0, 0.1) is 11.3 Å². The maximum absolute atomic E-state index is 12.1. The van der Waals surface area contributed by atoms with Gasteiger partial charge in [0.15, 0.2) is 5.82 Å². The molecule has 0 bridgehead atoms. The highest BCUT2D eigenvalue weighted by Gasteiger charge is 2.27. The predicted molar refractivity (Wildman–Crippen MR) is 112 cm³/mol. The normalized spacial score (nSPS) is 15.5. The van der Waals surface area contributed by atoms with Crippen molar-refractivity contribution in [2.24, 2.45) is 5.10 Å². The smallest absolute Gasteiger partial charge is 0.252 e. The van der Waals surface area contributed by atoms with E-state index in [9.17, 15) is 10.1 Å². The van der Waals surface area contributed by atoms with Gasteiger partial charge in [0.05, 0.1) is 17.8 Å². The van der Waals surface area contributed by atoms with E-state index in [1.165, 1.54) is 0 Å². The van der Waals surface area contributed by atoms with Gasteiger partial charge in [-0.05, 0) is 48.7 Å². The second-order valence-electron chi connectivity index (χ2n) is 6.96. The predicted octanol–water partition coefficient (Wildman–Crippen LogP) is 3.65. The number of anilines is 1. The van der Waals surface area contributed by atoms with Gasteiger partial charge in [-0.15, -0.1) is 0 Å². The van der Waals surface area contributed by atoms with Crippen molar-refractivity contribution in [2.75, 3.05) is 11.6 Å². The van der Waals surface area contributed by atoms with Gasteiger partial charge in [-0.3, -0.25) is 4.79 Å². The molecule has 0 radical (unpaired) electrons. The van der Waals surface area contributed by atoms with Crippen LogP contribution in [0.5, 0.6) is 0 Å². The lowest BCUT2D eigenvalue weighted by Crippen LogP contribution is -2.18. The van der Waals surface area contributed by atoms with Gasteiger partial charge in [0.1, 0.15) is 11.8 Å². The fourth-order valence-corrected chi connectivity index (χ4v) is 3.73. The zero-order valence-electron chi connectivity index (χ0n) is 16.5. The van der Waals surface area contributed by atoms with Crippen molar-refractivity contribution in [3.05, 3.63) is 65.1 Å². The summed E-state index contributed by atoms with van der Waals surface area (Å²) in [5.74, 6) is 0.684. The molecule has 4 rings (SSSR count). The van der Waals surface area contributed by atoms with Gasteiger partial charge in [0.2, 0.25) is 0 Å². The number of aromatic nitrogens is 2. The summed E-state index contributed by atoms with van der Waals surface area (Å²) in [7, 11) is 0. The third-order valence-corrected chi connectivity index (χ3v) is 5.14. The highest BCUT2D eigenvalue weighted by molar-refractivity contribution is 6.00. The molecule has 0 saturated carbocycles. The van der Waals surface area contributed by atoms with Gasteiger partial charge >= 0.3 is 0 Å². The lowest BCUT2D eigenvalue weighted by Gasteiger charge is -2.17. The molecule has 0 fully saturated rings. The molecule has 0 spiro atoms. The van der Waals surface area contributed by atoms with Crippen LogP contribution in [0.25, 0.3) is 5.52 Å². The summed E-state index contributed by atoms with van der Waals surface area (Å²) in [6, 6.07) is 11.7. The first-order valence-electron chi connectivity index (χ1n) is 9.78. The number of carbonyl (C=O) groups excluding carboxylic acids is 1. The van der Waals surface area contributed by atoms with Crippen molar-refractivity contribution in [1.82, 2.24) is 14.7 Å². The minimum Gasteiger partial charge on any atom is -0.345 e. The maximum atomic E-state index is 12.1. The fraction of sp³-hybridized carbons (Fsp3) is 0.273. The molecule has 1 amide bonds. The molecule has 1 aliphatic rings. The van der Waals surface area contributed by atoms with E-state index in [1.807, 2.05) is 35.6 Å². The van der Waals surface area contributed by atoms with Gasteiger partial charge in [-0.2, -0.15) is 10.4 Å². The number of nitrogens with one attached hydrogen (secondary N) is 1. The molecule has 0 aliphatic carbocycles. The average Bonchev–Trinajstić information content (AvgIpc) is 3.30. The number of nitrogens with zero attached hydrogens (tertiary/aromatic N) is 5. The Morgan fingerprint density at radius 3 is 2.97 bits per heavy atom. The lowest BCUT2D eigenvalue weighted by molar-refractivity contribution is 0.0955. The van der Waals surface area contributed by atoms with Crippen LogP contribution in [0.1, 0.15) is 59.9 Å². The van der Waals surface area contributed by atoms with Crippen LogP contribution in [-0.4, -0.2) is 28.1 Å². The summed E-state index contributed by atoms with van der Waals surface area (Å²) >= 11 is 0. The first-order chi connectivity index (χ1) is 14.2. The molecule has 0 saturated heterocycles. The number of hydrogen-bond acceptors (Lipinski definition) is 5. The Hall–Kier alpha value is -3.66. The molecule has 1 aliphatic heterocycles. The standard InChI is InChI=1S/C22H22N6O/c1-3-5-19-18-12-15(6-8-17(18)22(29)26-19)14-25-28(4-2)21-20-9-7-16(13-23)27(20)11-10-24-21/h6-12,14,19H,3-5H2,1-2H3,(H,26,29)/b25-14+. The molecule has 7 nitrogen and oxygen atoms in total. The van der Waals surface area contributed by atoms with Crippen LogP contribution < -0.4 is 10.3 Å². The van der Waals surface area contributed by atoms with Crippen molar-refractivity contribution in [2.45, 2.75) is 32.7 Å². The van der Waals surface area contributed by atoms with Gasteiger partial charge in [-0.25, -0.2) is 9.99 Å². The number of carbonyl (C=O) groups is 1. The molecule has 146 valence electrons. The number of fused-ring (bicyclic) bond motifs is 2. The van der Waals surface area contributed by atoms with E-state index in [0.29, 0.717) is 18.1 Å². The molecule has 1 atom stereocenters. The van der Waals surface area contributed by atoms with Gasteiger partial charge in [0.25, 0.3) is 5.91 Å². The Morgan fingerprint density at radius 1 is 1.34 bits per heavy atom. The summed E-state index contributed by atoms with van der Waals surface area (Å²) < 4.78 is 1.81. The summed E-state index contributed by atoms with van der Waals surface area (Å²) in [5.41, 5.74) is 4.10. The summed E-state index contributed by atoms with van der Waals surface area (Å²) in [6.45, 7) is 4.74. The zero-order valence-corrected chi connectivity index (χ0v) is 16.5. The third-order valence-electron chi connectivity index (χ3n) is 5.14. The average molecular weight is 386 g/mol. The van der Waals surface area contributed by atoms with Gasteiger partial charge in [-0.1, -0.05) is 19.4 Å². The summed E-state index contributed by atoms with van der Waals surface area (Å²) in [5, 5.41) is 18.7. The van der Waals surface area contributed by atoms with Crippen LogP contribution in [-0.2, 0) is 0 Å². The molecule has 7 heteroatoms. The molecule has 2 aromatic heterocycles. The monoisotopic (exact) mass is 386 g/mol. The summed E-state index contributed by atoms with van der Waals surface area (Å²) in [4.78, 5) is 16.6. The SMILES string of the molecule is CCCC1NC(=O)c2ccc(/C=N/N(CC)c3nccn4c(C#N)ccc34)cc21. The number of amides is 1. The zero-order chi connectivity index (χ0) is 20.4. The first kappa shape index (κ1) is 18.7. The number of rotatable bonds is 6. The van der Waals surface area contributed by atoms with Crippen LogP contribution in [0.15, 0.2) is 47.8 Å². The highest BCUT2D eigenvalue weighted by atomic mass is 16.2. The Bertz CT molecular complexity index is 1140. The Kier molecular flexibility index (Phi) is 5.00. The minimum absolute atomic E-state index is 0.00506. The van der Waals surface area contributed by atoms with Crippen molar-refractivity contribution >= 4 is 23.5 Å². The van der Waals surface area contributed by atoms with Crippen molar-refractivity contribution in [3.63, 3.8) is 0 Å².